The third-order valence-electron chi connectivity index (χ3n) is 3.59. The van der Waals surface area contributed by atoms with Gasteiger partial charge in [0.25, 0.3) is 10.0 Å². The van der Waals surface area contributed by atoms with Crippen LogP contribution in [0, 0.1) is 0 Å². The van der Waals surface area contributed by atoms with Crippen molar-refractivity contribution in [2.75, 3.05) is 33.4 Å². The van der Waals surface area contributed by atoms with Gasteiger partial charge in [-0.25, -0.2) is 13.4 Å². The van der Waals surface area contributed by atoms with Gasteiger partial charge in [0.05, 0.1) is 18.1 Å². The topological polar surface area (TPSA) is 70.7 Å². The summed E-state index contributed by atoms with van der Waals surface area (Å²) in [6, 6.07) is 7.23. The minimum Gasteiger partial charge on any atom is -0.379 e. The largest absolute Gasteiger partial charge is 0.379 e. The normalized spacial score (nSPS) is 18.6. The summed E-state index contributed by atoms with van der Waals surface area (Å²) >= 11 is 0. The Balaban J connectivity index is 2.17. The van der Waals surface area contributed by atoms with E-state index in [1.54, 1.807) is 23.2 Å². The van der Waals surface area contributed by atoms with Crippen LogP contribution in [0.25, 0.3) is 0 Å². The van der Waals surface area contributed by atoms with Crippen molar-refractivity contribution in [3.63, 3.8) is 0 Å². The van der Waals surface area contributed by atoms with Crippen LogP contribution < -0.4 is 10.1 Å². The predicted octanol–water partition coefficient (Wildman–Crippen LogP) is 0.883. The Bertz CT molecular complexity index is 552. The predicted molar refractivity (Wildman–Crippen MR) is 81.2 cm³/mol. The summed E-state index contributed by atoms with van der Waals surface area (Å²) in [6.07, 6.45) is 0.900. The van der Waals surface area contributed by atoms with Crippen LogP contribution in [-0.2, 0) is 14.8 Å². The Labute approximate surface area is 126 Å². The summed E-state index contributed by atoms with van der Waals surface area (Å²) < 4.78 is 30.1. The SMILES string of the molecule is CCC(NC)c1cccc(S(=O)(=O)NN2CCOCC2)c1. The van der Waals surface area contributed by atoms with Gasteiger partial charge in [0.15, 0.2) is 0 Å². The van der Waals surface area contributed by atoms with Crippen molar-refractivity contribution in [1.82, 2.24) is 15.2 Å². The molecule has 2 rings (SSSR count). The quantitative estimate of drug-likeness (QED) is 0.816. The lowest BCUT2D eigenvalue weighted by molar-refractivity contribution is 0.0272. The number of nitrogens with zero attached hydrogens (tertiary/aromatic N) is 1. The van der Waals surface area contributed by atoms with Crippen molar-refractivity contribution in [3.8, 4) is 0 Å². The van der Waals surface area contributed by atoms with E-state index in [1.165, 1.54) is 0 Å². The Morgan fingerprint density at radius 3 is 2.67 bits per heavy atom. The van der Waals surface area contributed by atoms with Crippen LogP contribution in [0.5, 0.6) is 0 Å². The van der Waals surface area contributed by atoms with Gasteiger partial charge in [-0.1, -0.05) is 19.1 Å². The molecule has 118 valence electrons. The molecule has 0 aromatic heterocycles. The minimum absolute atomic E-state index is 0.156. The molecule has 2 N–H and O–H groups in total. The fourth-order valence-corrected chi connectivity index (χ4v) is 3.56. The first kappa shape index (κ1) is 16.4. The van der Waals surface area contributed by atoms with Gasteiger partial charge in [-0.2, -0.15) is 0 Å². The van der Waals surface area contributed by atoms with Gasteiger partial charge in [-0.15, -0.1) is 4.83 Å². The number of hydrazine groups is 1. The maximum atomic E-state index is 12.4. The van der Waals surface area contributed by atoms with E-state index in [0.717, 1.165) is 12.0 Å². The molecule has 1 aromatic carbocycles. The molecule has 0 spiro atoms. The highest BCUT2D eigenvalue weighted by molar-refractivity contribution is 7.89. The zero-order valence-corrected chi connectivity index (χ0v) is 13.3. The fourth-order valence-electron chi connectivity index (χ4n) is 2.38. The molecular formula is C14H23N3O3S. The smallest absolute Gasteiger partial charge is 0.253 e. The zero-order chi connectivity index (χ0) is 15.3. The van der Waals surface area contributed by atoms with E-state index in [2.05, 4.69) is 17.1 Å². The molecule has 1 saturated heterocycles. The monoisotopic (exact) mass is 313 g/mol. The van der Waals surface area contributed by atoms with Crippen LogP contribution >= 0.6 is 0 Å². The van der Waals surface area contributed by atoms with E-state index in [0.29, 0.717) is 31.2 Å². The number of hydrogen-bond donors (Lipinski definition) is 2. The second-order valence-corrected chi connectivity index (χ2v) is 6.68. The molecule has 0 aliphatic carbocycles. The second kappa shape index (κ2) is 7.33. The third-order valence-corrected chi connectivity index (χ3v) is 4.96. The van der Waals surface area contributed by atoms with Crippen molar-refractivity contribution in [1.29, 1.82) is 0 Å². The first-order valence-corrected chi connectivity index (χ1v) is 8.67. The Kier molecular flexibility index (Phi) is 5.72. The van der Waals surface area contributed by atoms with Crippen LogP contribution in [0.3, 0.4) is 0 Å². The van der Waals surface area contributed by atoms with Gasteiger partial charge in [-0.05, 0) is 31.2 Å². The molecule has 21 heavy (non-hydrogen) atoms. The molecule has 0 saturated carbocycles. The minimum atomic E-state index is -3.54. The number of benzene rings is 1. The number of nitrogens with one attached hydrogen (secondary N) is 2. The average Bonchev–Trinajstić information content (AvgIpc) is 2.49. The number of ether oxygens (including phenoxy) is 1. The van der Waals surface area contributed by atoms with Gasteiger partial charge < -0.3 is 10.1 Å². The molecule has 1 aliphatic heterocycles. The molecular weight excluding hydrogens is 290 g/mol. The first-order valence-electron chi connectivity index (χ1n) is 7.19. The van der Waals surface area contributed by atoms with Crippen molar-refractivity contribution in [2.45, 2.75) is 24.3 Å². The summed E-state index contributed by atoms with van der Waals surface area (Å²) in [6.45, 7) is 4.27. The molecule has 1 aromatic rings. The Morgan fingerprint density at radius 2 is 2.05 bits per heavy atom. The molecule has 1 fully saturated rings. The maximum absolute atomic E-state index is 12.4. The highest BCUT2D eigenvalue weighted by atomic mass is 32.2. The van der Waals surface area contributed by atoms with Crippen molar-refractivity contribution in [3.05, 3.63) is 29.8 Å². The van der Waals surface area contributed by atoms with Crippen LogP contribution in [0.1, 0.15) is 24.9 Å². The molecule has 0 radical (unpaired) electrons. The number of sulfonamides is 1. The van der Waals surface area contributed by atoms with Crippen LogP contribution in [0.4, 0.5) is 0 Å². The summed E-state index contributed by atoms with van der Waals surface area (Å²) in [4.78, 5) is 2.91. The molecule has 1 atom stereocenters. The van der Waals surface area contributed by atoms with Crippen LogP contribution in [-0.4, -0.2) is 46.8 Å². The lowest BCUT2D eigenvalue weighted by Crippen LogP contribution is -2.48. The van der Waals surface area contributed by atoms with E-state index < -0.39 is 10.0 Å². The van der Waals surface area contributed by atoms with Gasteiger partial charge in [-0.3, -0.25) is 0 Å². The molecule has 1 aliphatic rings. The van der Waals surface area contributed by atoms with Gasteiger partial charge in [0, 0.05) is 19.1 Å². The van der Waals surface area contributed by atoms with Crippen molar-refractivity contribution in [2.24, 2.45) is 0 Å². The summed E-state index contributed by atoms with van der Waals surface area (Å²) in [7, 11) is -1.66. The second-order valence-electron chi connectivity index (χ2n) is 5.02. The summed E-state index contributed by atoms with van der Waals surface area (Å²) in [5.74, 6) is 0. The van der Waals surface area contributed by atoms with Crippen molar-refractivity contribution >= 4 is 10.0 Å². The van der Waals surface area contributed by atoms with Crippen LogP contribution in [0.15, 0.2) is 29.2 Å². The van der Waals surface area contributed by atoms with E-state index in [-0.39, 0.29) is 6.04 Å². The molecule has 7 heteroatoms. The van der Waals surface area contributed by atoms with E-state index in [9.17, 15) is 8.42 Å². The Hall–Kier alpha value is -0.990. The third kappa shape index (κ3) is 4.24. The summed E-state index contributed by atoms with van der Waals surface area (Å²) in [5.41, 5.74) is 0.977. The average molecular weight is 313 g/mol. The van der Waals surface area contributed by atoms with Gasteiger partial charge in [0.2, 0.25) is 0 Å². The lowest BCUT2D eigenvalue weighted by Gasteiger charge is -2.26. The maximum Gasteiger partial charge on any atom is 0.253 e. The number of hydrogen-bond acceptors (Lipinski definition) is 5. The lowest BCUT2D eigenvalue weighted by atomic mass is 10.1. The molecule has 0 bridgehead atoms. The first-order chi connectivity index (χ1) is 10.1. The number of rotatable bonds is 6. The van der Waals surface area contributed by atoms with Crippen LogP contribution in [0.2, 0.25) is 0 Å². The fraction of sp³-hybridized carbons (Fsp3) is 0.571. The Morgan fingerprint density at radius 1 is 1.33 bits per heavy atom. The highest BCUT2D eigenvalue weighted by Gasteiger charge is 2.21. The van der Waals surface area contributed by atoms with Gasteiger partial charge >= 0.3 is 0 Å². The highest BCUT2D eigenvalue weighted by Crippen LogP contribution is 2.20. The van der Waals surface area contributed by atoms with Crippen molar-refractivity contribution < 1.29 is 13.2 Å². The van der Waals surface area contributed by atoms with E-state index in [4.69, 9.17) is 4.74 Å². The molecule has 1 heterocycles. The summed E-state index contributed by atoms with van der Waals surface area (Å²) in [5, 5.41) is 4.87. The molecule has 6 nitrogen and oxygen atoms in total. The number of morpholine rings is 1. The molecule has 1 unspecified atom stereocenters. The zero-order valence-electron chi connectivity index (χ0n) is 12.5. The van der Waals surface area contributed by atoms with E-state index in [1.807, 2.05) is 13.1 Å². The standard InChI is InChI=1S/C14H23N3O3S/c1-3-14(15-2)12-5-4-6-13(11-12)21(18,19)16-17-7-9-20-10-8-17/h4-6,11,14-16H,3,7-10H2,1-2H3. The molecule has 0 amide bonds. The van der Waals surface area contributed by atoms with Gasteiger partial charge in [0.1, 0.15) is 0 Å². The van der Waals surface area contributed by atoms with E-state index >= 15 is 0 Å².